The maximum Gasteiger partial charge on any atom is 0.487 e. The van der Waals surface area contributed by atoms with E-state index in [1.54, 1.807) is 6.20 Å². The lowest BCUT2D eigenvalue weighted by atomic mass is 9.89. The van der Waals surface area contributed by atoms with Crippen LogP contribution in [0, 0.1) is 6.92 Å². The minimum atomic E-state index is -0.332. The summed E-state index contributed by atoms with van der Waals surface area (Å²) in [6, 6.07) is 2.04. The van der Waals surface area contributed by atoms with Crippen molar-refractivity contribution in [3.05, 3.63) is 29.4 Å². The molecule has 1 aliphatic heterocycles. The fraction of sp³-hybridized carbons (Fsp3) is 0.562. The molecule has 0 radical (unpaired) electrons. The molecule has 0 atom stereocenters. The SMILES string of the molecule is CCOc1ncc(/C=C/B2OC(C)(C)C(C)(C)O2)cc1C. The van der Waals surface area contributed by atoms with Gasteiger partial charge in [0, 0.05) is 11.8 Å². The maximum absolute atomic E-state index is 5.92. The van der Waals surface area contributed by atoms with E-state index < -0.39 is 0 Å². The number of aryl methyl sites for hydroxylation is 1. The second-order valence-electron chi connectivity index (χ2n) is 6.31. The molecule has 0 aromatic carbocycles. The van der Waals surface area contributed by atoms with Crippen molar-refractivity contribution < 1.29 is 14.0 Å². The molecule has 0 unspecified atom stereocenters. The first-order chi connectivity index (χ1) is 9.75. The molecule has 1 aliphatic rings. The van der Waals surface area contributed by atoms with Gasteiger partial charge in [0.25, 0.3) is 0 Å². The Morgan fingerprint density at radius 1 is 1.24 bits per heavy atom. The van der Waals surface area contributed by atoms with Gasteiger partial charge in [-0.2, -0.15) is 0 Å². The Labute approximate surface area is 127 Å². The molecule has 0 bridgehead atoms. The van der Waals surface area contributed by atoms with Crippen molar-refractivity contribution in [2.75, 3.05) is 6.61 Å². The molecule has 21 heavy (non-hydrogen) atoms. The zero-order valence-corrected chi connectivity index (χ0v) is 13.8. The van der Waals surface area contributed by atoms with Gasteiger partial charge < -0.3 is 14.0 Å². The molecule has 4 nitrogen and oxygen atoms in total. The summed E-state index contributed by atoms with van der Waals surface area (Å²) in [7, 11) is -0.332. The van der Waals surface area contributed by atoms with Crippen LogP contribution in [0.1, 0.15) is 45.7 Å². The van der Waals surface area contributed by atoms with E-state index >= 15 is 0 Å². The molecule has 0 amide bonds. The van der Waals surface area contributed by atoms with Crippen LogP contribution in [0.3, 0.4) is 0 Å². The zero-order valence-electron chi connectivity index (χ0n) is 13.8. The van der Waals surface area contributed by atoms with Crippen LogP contribution in [0.15, 0.2) is 18.2 Å². The van der Waals surface area contributed by atoms with Crippen LogP contribution in [-0.2, 0) is 9.31 Å². The van der Waals surface area contributed by atoms with Gasteiger partial charge in [0.2, 0.25) is 5.88 Å². The quantitative estimate of drug-likeness (QED) is 0.796. The number of pyridine rings is 1. The molecule has 2 heterocycles. The van der Waals surface area contributed by atoms with E-state index in [0.717, 1.165) is 11.1 Å². The number of rotatable bonds is 4. The highest BCUT2D eigenvalue weighted by molar-refractivity contribution is 6.52. The lowest BCUT2D eigenvalue weighted by molar-refractivity contribution is 0.00578. The molecule has 5 heteroatoms. The van der Waals surface area contributed by atoms with Gasteiger partial charge in [-0.15, -0.1) is 0 Å². The fourth-order valence-corrected chi connectivity index (χ4v) is 2.12. The second-order valence-corrected chi connectivity index (χ2v) is 6.31. The smallest absolute Gasteiger partial charge is 0.478 e. The first-order valence-corrected chi connectivity index (χ1v) is 7.38. The summed E-state index contributed by atoms with van der Waals surface area (Å²) in [6.07, 6.45) is 3.76. The van der Waals surface area contributed by atoms with Gasteiger partial charge in [-0.1, -0.05) is 12.1 Å². The number of ether oxygens (including phenoxy) is 1. The standard InChI is InChI=1S/C16H24BNO3/c1-7-19-14-12(2)10-13(11-18-14)8-9-17-20-15(3,4)16(5,6)21-17/h8-11H,7H2,1-6H3/b9-8+. The summed E-state index contributed by atoms with van der Waals surface area (Å²) in [5.74, 6) is 2.61. The number of aromatic nitrogens is 1. The number of hydrogen-bond acceptors (Lipinski definition) is 4. The van der Waals surface area contributed by atoms with Crippen LogP contribution in [0.4, 0.5) is 0 Å². The van der Waals surface area contributed by atoms with E-state index in [2.05, 4.69) is 4.98 Å². The summed E-state index contributed by atoms with van der Waals surface area (Å²) in [4.78, 5) is 4.32. The van der Waals surface area contributed by atoms with Crippen molar-refractivity contribution >= 4 is 13.2 Å². The lowest BCUT2D eigenvalue weighted by Gasteiger charge is -2.32. The number of nitrogens with zero attached hydrogens (tertiary/aromatic N) is 1. The Balaban J connectivity index is 2.07. The van der Waals surface area contributed by atoms with E-state index in [1.165, 1.54) is 0 Å². The minimum absolute atomic E-state index is 0.311. The van der Waals surface area contributed by atoms with Crippen molar-refractivity contribution in [3.8, 4) is 5.88 Å². The molecule has 1 aromatic heterocycles. The summed E-state index contributed by atoms with van der Waals surface area (Å²) >= 11 is 0. The van der Waals surface area contributed by atoms with Gasteiger partial charge in [-0.25, -0.2) is 4.98 Å². The van der Waals surface area contributed by atoms with E-state index in [9.17, 15) is 0 Å². The van der Waals surface area contributed by atoms with Gasteiger partial charge in [-0.05, 0) is 53.2 Å². The van der Waals surface area contributed by atoms with Crippen LogP contribution in [0.25, 0.3) is 6.08 Å². The normalized spacial score (nSPS) is 20.2. The fourth-order valence-electron chi connectivity index (χ4n) is 2.12. The highest BCUT2D eigenvalue weighted by atomic mass is 16.7. The Hall–Kier alpha value is -1.33. The largest absolute Gasteiger partial charge is 0.487 e. The first kappa shape index (κ1) is 16.1. The van der Waals surface area contributed by atoms with E-state index in [1.807, 2.05) is 59.7 Å². The van der Waals surface area contributed by atoms with E-state index in [4.69, 9.17) is 14.0 Å². The van der Waals surface area contributed by atoms with Gasteiger partial charge in [-0.3, -0.25) is 0 Å². The van der Waals surface area contributed by atoms with Crippen LogP contribution < -0.4 is 4.74 Å². The molecule has 1 aromatic rings. The Bertz CT molecular complexity index is 524. The molecule has 2 rings (SSSR count). The Kier molecular flexibility index (Phi) is 4.44. The predicted octanol–water partition coefficient (Wildman–Crippen LogP) is 3.43. The zero-order chi connectivity index (χ0) is 15.7. The van der Waals surface area contributed by atoms with Crippen LogP contribution in [0.2, 0.25) is 0 Å². The molecule has 114 valence electrons. The van der Waals surface area contributed by atoms with Gasteiger partial charge in [0.15, 0.2) is 0 Å². The van der Waals surface area contributed by atoms with Gasteiger partial charge in [0.1, 0.15) is 0 Å². The summed E-state index contributed by atoms with van der Waals surface area (Å²) in [5, 5.41) is 0. The van der Waals surface area contributed by atoms with Crippen molar-refractivity contribution in [3.63, 3.8) is 0 Å². The molecular weight excluding hydrogens is 265 g/mol. The lowest BCUT2D eigenvalue weighted by Crippen LogP contribution is -2.41. The average molecular weight is 289 g/mol. The van der Waals surface area contributed by atoms with E-state index in [0.29, 0.717) is 12.5 Å². The molecule has 0 aliphatic carbocycles. The third-order valence-electron chi connectivity index (χ3n) is 4.05. The van der Waals surface area contributed by atoms with Gasteiger partial charge in [0.05, 0.1) is 17.8 Å². The average Bonchev–Trinajstić information content (AvgIpc) is 2.58. The van der Waals surface area contributed by atoms with Crippen LogP contribution in [-0.4, -0.2) is 29.9 Å². The van der Waals surface area contributed by atoms with Crippen molar-refractivity contribution in [2.45, 2.75) is 52.7 Å². The minimum Gasteiger partial charge on any atom is -0.478 e. The summed E-state index contributed by atoms with van der Waals surface area (Å²) in [5.41, 5.74) is 1.41. The van der Waals surface area contributed by atoms with Crippen LogP contribution in [0.5, 0.6) is 5.88 Å². The maximum atomic E-state index is 5.92. The van der Waals surface area contributed by atoms with Crippen molar-refractivity contribution in [2.24, 2.45) is 0 Å². The highest BCUT2D eigenvalue weighted by Gasteiger charge is 2.49. The summed E-state index contributed by atoms with van der Waals surface area (Å²) in [6.45, 7) is 12.7. The predicted molar refractivity (Wildman–Crippen MR) is 85.3 cm³/mol. The first-order valence-electron chi connectivity index (χ1n) is 7.38. The monoisotopic (exact) mass is 289 g/mol. The molecule has 0 saturated carbocycles. The van der Waals surface area contributed by atoms with Crippen LogP contribution >= 0.6 is 0 Å². The molecule has 0 spiro atoms. The topological polar surface area (TPSA) is 40.6 Å². The summed E-state index contributed by atoms with van der Waals surface area (Å²) < 4.78 is 17.3. The Morgan fingerprint density at radius 2 is 1.86 bits per heavy atom. The second kappa shape index (κ2) is 5.81. The highest BCUT2D eigenvalue weighted by Crippen LogP contribution is 2.37. The molecule has 1 fully saturated rings. The molecule has 0 N–H and O–H groups in total. The third kappa shape index (κ3) is 3.47. The molecular formula is C16H24BNO3. The third-order valence-corrected chi connectivity index (χ3v) is 4.05. The van der Waals surface area contributed by atoms with Crippen molar-refractivity contribution in [1.29, 1.82) is 0 Å². The Morgan fingerprint density at radius 3 is 2.38 bits per heavy atom. The van der Waals surface area contributed by atoms with E-state index in [-0.39, 0.29) is 18.3 Å². The number of hydrogen-bond donors (Lipinski definition) is 0. The molecule has 1 saturated heterocycles. The van der Waals surface area contributed by atoms with Crippen molar-refractivity contribution in [1.82, 2.24) is 4.98 Å². The van der Waals surface area contributed by atoms with Gasteiger partial charge >= 0.3 is 7.12 Å².